The van der Waals surface area contributed by atoms with E-state index in [2.05, 4.69) is 10.3 Å². The number of aromatic amines is 1. The van der Waals surface area contributed by atoms with Crippen molar-refractivity contribution in [1.29, 1.82) is 0 Å². The van der Waals surface area contributed by atoms with Gasteiger partial charge in [-0.3, -0.25) is 4.79 Å². The van der Waals surface area contributed by atoms with Gasteiger partial charge in [-0.25, -0.2) is 0 Å². The zero-order valence-corrected chi connectivity index (χ0v) is 18.9. The highest BCUT2D eigenvalue weighted by Gasteiger charge is 2.16. The number of nitrogens with zero attached hydrogens (tertiary/aromatic N) is 1. The quantitative estimate of drug-likeness (QED) is 0.399. The fraction of sp³-hybridized carbons (Fsp3) is 0.154. The summed E-state index contributed by atoms with van der Waals surface area (Å²) in [5.74, 6) is 0.702. The highest BCUT2D eigenvalue weighted by Crippen LogP contribution is 2.24. The van der Waals surface area contributed by atoms with E-state index in [0.29, 0.717) is 29.5 Å². The van der Waals surface area contributed by atoms with Crippen molar-refractivity contribution in [3.8, 4) is 5.75 Å². The standard InChI is InChI=1S/C26H25N3O2S/c1-18-12-13-20-15-21(25(30)27-23(20)14-18)17-29(16-19-8-4-3-5-9-19)26(32)28-22-10-6-7-11-24(22)31-2/h3-15H,16-17H2,1-2H3,(H,27,30)(H,28,32). The highest BCUT2D eigenvalue weighted by molar-refractivity contribution is 7.80. The number of fused-ring (bicyclic) bond motifs is 1. The maximum atomic E-state index is 12.8. The van der Waals surface area contributed by atoms with Crippen molar-refractivity contribution in [3.05, 3.63) is 106 Å². The number of ether oxygens (including phenoxy) is 1. The van der Waals surface area contributed by atoms with E-state index in [-0.39, 0.29) is 5.56 Å². The van der Waals surface area contributed by atoms with E-state index in [1.165, 1.54) is 0 Å². The molecule has 1 heterocycles. The molecule has 0 atom stereocenters. The molecule has 5 nitrogen and oxygen atoms in total. The number of pyridine rings is 1. The molecule has 4 aromatic rings. The zero-order chi connectivity index (χ0) is 22.5. The first-order chi connectivity index (χ1) is 15.5. The molecular formula is C26H25N3O2S. The first-order valence-electron chi connectivity index (χ1n) is 10.4. The maximum absolute atomic E-state index is 12.8. The van der Waals surface area contributed by atoms with E-state index in [9.17, 15) is 4.79 Å². The number of aryl methyl sites for hydroxylation is 1. The molecule has 0 amide bonds. The number of nitrogens with one attached hydrogen (secondary N) is 2. The molecular weight excluding hydrogens is 418 g/mol. The van der Waals surface area contributed by atoms with Gasteiger partial charge >= 0.3 is 0 Å². The molecule has 32 heavy (non-hydrogen) atoms. The van der Waals surface area contributed by atoms with Crippen molar-refractivity contribution in [2.45, 2.75) is 20.0 Å². The molecule has 0 unspecified atom stereocenters. The minimum Gasteiger partial charge on any atom is -0.495 e. The molecule has 0 spiro atoms. The number of H-pyrrole nitrogens is 1. The number of hydrogen-bond acceptors (Lipinski definition) is 3. The number of rotatable bonds is 6. The Morgan fingerprint density at radius 1 is 1.00 bits per heavy atom. The second kappa shape index (κ2) is 9.66. The lowest BCUT2D eigenvalue weighted by atomic mass is 10.1. The van der Waals surface area contributed by atoms with Crippen LogP contribution in [0.3, 0.4) is 0 Å². The maximum Gasteiger partial charge on any atom is 0.253 e. The highest BCUT2D eigenvalue weighted by atomic mass is 32.1. The fourth-order valence-electron chi connectivity index (χ4n) is 3.63. The summed E-state index contributed by atoms with van der Waals surface area (Å²) in [5, 5.41) is 4.80. The van der Waals surface area contributed by atoms with Gasteiger partial charge in [0.1, 0.15) is 5.75 Å². The molecule has 1 aromatic heterocycles. The summed E-state index contributed by atoms with van der Waals surface area (Å²) in [7, 11) is 1.63. The summed E-state index contributed by atoms with van der Waals surface area (Å²) in [5.41, 5.74) is 4.37. The minimum atomic E-state index is -0.110. The van der Waals surface area contributed by atoms with Crippen LogP contribution in [-0.4, -0.2) is 22.1 Å². The molecule has 6 heteroatoms. The van der Waals surface area contributed by atoms with E-state index in [0.717, 1.165) is 27.7 Å². The van der Waals surface area contributed by atoms with Gasteiger partial charge < -0.3 is 19.9 Å². The van der Waals surface area contributed by atoms with Gasteiger partial charge in [0.25, 0.3) is 5.56 Å². The van der Waals surface area contributed by atoms with Crippen LogP contribution in [0.5, 0.6) is 5.75 Å². The molecule has 0 saturated carbocycles. The summed E-state index contributed by atoms with van der Waals surface area (Å²) < 4.78 is 5.44. The number of thiocarbonyl (C=S) groups is 1. The van der Waals surface area contributed by atoms with Crippen LogP contribution in [0.4, 0.5) is 5.69 Å². The Hall–Kier alpha value is -3.64. The van der Waals surface area contributed by atoms with Crippen LogP contribution >= 0.6 is 12.2 Å². The summed E-state index contributed by atoms with van der Waals surface area (Å²) in [6, 6.07) is 25.7. The third-order valence-corrected chi connectivity index (χ3v) is 5.65. The van der Waals surface area contributed by atoms with E-state index >= 15 is 0 Å². The monoisotopic (exact) mass is 443 g/mol. The average Bonchev–Trinajstić information content (AvgIpc) is 2.80. The van der Waals surface area contributed by atoms with Gasteiger partial charge in [0, 0.05) is 17.6 Å². The van der Waals surface area contributed by atoms with Crippen molar-refractivity contribution < 1.29 is 4.74 Å². The zero-order valence-electron chi connectivity index (χ0n) is 18.1. The summed E-state index contributed by atoms with van der Waals surface area (Å²) >= 11 is 5.77. The fourth-order valence-corrected chi connectivity index (χ4v) is 3.87. The lowest BCUT2D eigenvalue weighted by molar-refractivity contribution is 0.408. The molecule has 0 aliphatic carbocycles. The lowest BCUT2D eigenvalue weighted by Gasteiger charge is -2.26. The Kier molecular flexibility index (Phi) is 6.52. The minimum absolute atomic E-state index is 0.110. The average molecular weight is 444 g/mol. The van der Waals surface area contributed by atoms with Crippen molar-refractivity contribution in [2.75, 3.05) is 12.4 Å². The van der Waals surface area contributed by atoms with Crippen LogP contribution in [0.2, 0.25) is 0 Å². The number of para-hydroxylation sites is 2. The smallest absolute Gasteiger partial charge is 0.253 e. The second-order valence-corrected chi connectivity index (χ2v) is 8.07. The van der Waals surface area contributed by atoms with Crippen molar-refractivity contribution >= 4 is 33.9 Å². The Balaban J connectivity index is 1.65. The molecule has 0 bridgehead atoms. The lowest BCUT2D eigenvalue weighted by Crippen LogP contribution is -2.35. The first-order valence-corrected chi connectivity index (χ1v) is 10.8. The van der Waals surface area contributed by atoms with E-state index < -0.39 is 0 Å². The second-order valence-electron chi connectivity index (χ2n) is 7.69. The number of hydrogen-bond donors (Lipinski definition) is 2. The van der Waals surface area contributed by atoms with Crippen molar-refractivity contribution in [2.24, 2.45) is 0 Å². The molecule has 162 valence electrons. The van der Waals surface area contributed by atoms with Crippen LogP contribution in [0.15, 0.2) is 83.7 Å². The van der Waals surface area contributed by atoms with Crippen LogP contribution < -0.4 is 15.6 Å². The molecule has 2 N–H and O–H groups in total. The summed E-state index contributed by atoms with van der Waals surface area (Å²) in [6.45, 7) is 2.94. The van der Waals surface area contributed by atoms with E-state index in [1.807, 2.05) is 90.7 Å². The number of aromatic nitrogens is 1. The van der Waals surface area contributed by atoms with Crippen LogP contribution in [-0.2, 0) is 13.1 Å². The van der Waals surface area contributed by atoms with Crippen LogP contribution in [0.1, 0.15) is 16.7 Å². The van der Waals surface area contributed by atoms with Gasteiger partial charge in [0.2, 0.25) is 0 Å². The Bertz CT molecular complexity index is 1300. The first kappa shape index (κ1) is 21.6. The number of benzene rings is 3. The topological polar surface area (TPSA) is 57.4 Å². The van der Waals surface area contributed by atoms with Gasteiger partial charge in [0.15, 0.2) is 5.11 Å². The Labute approximate surface area is 192 Å². The van der Waals surface area contributed by atoms with Crippen LogP contribution in [0, 0.1) is 6.92 Å². The van der Waals surface area contributed by atoms with E-state index in [1.54, 1.807) is 7.11 Å². The van der Waals surface area contributed by atoms with Gasteiger partial charge in [-0.2, -0.15) is 0 Å². The summed E-state index contributed by atoms with van der Waals surface area (Å²) in [4.78, 5) is 17.8. The van der Waals surface area contributed by atoms with Gasteiger partial charge in [-0.05, 0) is 59.9 Å². The molecule has 0 aliphatic heterocycles. The third-order valence-electron chi connectivity index (χ3n) is 5.29. The van der Waals surface area contributed by atoms with Gasteiger partial charge in [0.05, 0.1) is 19.3 Å². The molecule has 0 radical (unpaired) electrons. The van der Waals surface area contributed by atoms with E-state index in [4.69, 9.17) is 17.0 Å². The largest absolute Gasteiger partial charge is 0.495 e. The van der Waals surface area contributed by atoms with Gasteiger partial charge in [-0.15, -0.1) is 0 Å². The number of methoxy groups -OCH3 is 1. The Morgan fingerprint density at radius 3 is 2.53 bits per heavy atom. The molecule has 0 fully saturated rings. The number of anilines is 1. The van der Waals surface area contributed by atoms with Gasteiger partial charge in [-0.1, -0.05) is 54.6 Å². The molecule has 4 rings (SSSR count). The molecule has 0 saturated heterocycles. The summed E-state index contributed by atoms with van der Waals surface area (Å²) in [6.07, 6.45) is 0. The predicted molar refractivity (Wildman–Crippen MR) is 134 cm³/mol. The SMILES string of the molecule is COc1ccccc1NC(=S)N(Cc1ccccc1)Cc1cc2ccc(C)cc2[nH]c1=O. The third kappa shape index (κ3) is 4.98. The van der Waals surface area contributed by atoms with Crippen LogP contribution in [0.25, 0.3) is 10.9 Å². The Morgan fingerprint density at radius 2 is 1.75 bits per heavy atom. The normalized spacial score (nSPS) is 10.7. The van der Waals surface area contributed by atoms with Crippen molar-refractivity contribution in [3.63, 3.8) is 0 Å². The van der Waals surface area contributed by atoms with Crippen molar-refractivity contribution in [1.82, 2.24) is 9.88 Å². The molecule has 0 aliphatic rings. The predicted octanol–water partition coefficient (Wildman–Crippen LogP) is 5.24. The molecule has 3 aromatic carbocycles.